The van der Waals surface area contributed by atoms with E-state index in [1.807, 2.05) is 102 Å². The summed E-state index contributed by atoms with van der Waals surface area (Å²) in [7, 11) is 0. The Morgan fingerprint density at radius 2 is 1.50 bits per heavy atom. The Balaban J connectivity index is 1.58. The molecule has 5 heteroatoms. The summed E-state index contributed by atoms with van der Waals surface area (Å²) in [4.78, 5) is 14.4. The summed E-state index contributed by atoms with van der Waals surface area (Å²) in [5.74, 6) is -0.0182. The van der Waals surface area contributed by atoms with Crippen molar-refractivity contribution in [3.05, 3.63) is 108 Å². The molecule has 0 spiro atoms. The molecule has 1 aliphatic rings. The summed E-state index contributed by atoms with van der Waals surface area (Å²) in [6.45, 7) is 0.567. The molecule has 2 heterocycles. The number of nitrogens with zero attached hydrogens (tertiary/aromatic N) is 3. The van der Waals surface area contributed by atoms with E-state index in [4.69, 9.17) is 9.84 Å². The molecular formula is C25H21N3O2. The van der Waals surface area contributed by atoms with E-state index >= 15 is 0 Å². The van der Waals surface area contributed by atoms with E-state index in [0.29, 0.717) is 6.54 Å². The predicted molar refractivity (Wildman–Crippen MR) is 115 cm³/mol. The van der Waals surface area contributed by atoms with Crippen LogP contribution in [0.25, 0.3) is 16.9 Å². The van der Waals surface area contributed by atoms with Crippen LogP contribution in [0.4, 0.5) is 0 Å². The highest BCUT2D eigenvalue weighted by atomic mass is 16.5. The molecule has 1 amide bonds. The maximum atomic E-state index is 12.7. The Morgan fingerprint density at radius 1 is 0.867 bits per heavy atom. The zero-order valence-corrected chi connectivity index (χ0v) is 16.4. The summed E-state index contributed by atoms with van der Waals surface area (Å²) in [5, 5.41) is 4.86. The van der Waals surface area contributed by atoms with Gasteiger partial charge < -0.3 is 9.64 Å². The SMILES string of the molecule is O=C1COC(c2cn(-c3ccccc3)nc2-c2ccccc2)N1Cc1ccccc1. The third-order valence-corrected chi connectivity index (χ3v) is 5.24. The first-order chi connectivity index (χ1) is 14.8. The van der Waals surface area contributed by atoms with Crippen molar-refractivity contribution in [1.82, 2.24) is 14.7 Å². The molecule has 5 nitrogen and oxygen atoms in total. The Kier molecular flexibility index (Phi) is 4.87. The van der Waals surface area contributed by atoms with Gasteiger partial charge in [0.15, 0.2) is 6.23 Å². The molecule has 1 aromatic heterocycles. The van der Waals surface area contributed by atoms with Crippen molar-refractivity contribution < 1.29 is 9.53 Å². The fraction of sp³-hybridized carbons (Fsp3) is 0.120. The topological polar surface area (TPSA) is 47.4 Å². The van der Waals surface area contributed by atoms with Crippen LogP contribution in [0.5, 0.6) is 0 Å². The van der Waals surface area contributed by atoms with Crippen LogP contribution >= 0.6 is 0 Å². The first-order valence-electron chi connectivity index (χ1n) is 9.95. The number of aromatic nitrogens is 2. The van der Waals surface area contributed by atoms with Crippen LogP contribution < -0.4 is 0 Å². The monoisotopic (exact) mass is 395 g/mol. The Hall–Kier alpha value is -3.70. The Bertz CT molecular complexity index is 1140. The lowest BCUT2D eigenvalue weighted by atomic mass is 10.1. The lowest BCUT2D eigenvalue weighted by molar-refractivity contribution is -0.128. The summed E-state index contributed by atoms with van der Waals surface area (Å²) < 4.78 is 7.82. The predicted octanol–water partition coefficient (Wildman–Crippen LogP) is 4.60. The van der Waals surface area contributed by atoms with Gasteiger partial charge in [0.05, 0.1) is 5.69 Å². The lowest BCUT2D eigenvalue weighted by Gasteiger charge is -2.23. The van der Waals surface area contributed by atoms with E-state index in [2.05, 4.69) is 0 Å². The second-order valence-corrected chi connectivity index (χ2v) is 7.25. The number of benzene rings is 3. The molecular weight excluding hydrogens is 374 g/mol. The number of ether oxygens (including phenoxy) is 1. The van der Waals surface area contributed by atoms with Gasteiger partial charge in [0, 0.05) is 23.9 Å². The minimum atomic E-state index is -0.481. The number of rotatable bonds is 5. The highest BCUT2D eigenvalue weighted by Crippen LogP contribution is 2.36. The van der Waals surface area contributed by atoms with E-state index in [9.17, 15) is 4.79 Å². The van der Waals surface area contributed by atoms with Crippen molar-refractivity contribution in [2.75, 3.05) is 6.61 Å². The normalized spacial score (nSPS) is 16.2. The van der Waals surface area contributed by atoms with Crippen molar-refractivity contribution >= 4 is 5.91 Å². The fourth-order valence-electron chi connectivity index (χ4n) is 3.76. The van der Waals surface area contributed by atoms with Crippen molar-refractivity contribution in [1.29, 1.82) is 0 Å². The number of hydrogen-bond acceptors (Lipinski definition) is 3. The molecule has 148 valence electrons. The number of amides is 1. The summed E-state index contributed by atoms with van der Waals surface area (Å²) in [5.41, 5.74) is 4.71. The van der Waals surface area contributed by atoms with E-state index in [1.165, 1.54) is 0 Å². The molecule has 1 saturated heterocycles. The number of carbonyl (C=O) groups excluding carboxylic acids is 1. The van der Waals surface area contributed by atoms with Crippen LogP contribution in [-0.2, 0) is 16.1 Å². The molecule has 0 saturated carbocycles. The van der Waals surface area contributed by atoms with E-state index < -0.39 is 6.23 Å². The zero-order chi connectivity index (χ0) is 20.3. The number of hydrogen-bond donors (Lipinski definition) is 0. The molecule has 1 unspecified atom stereocenters. The highest BCUT2D eigenvalue weighted by molar-refractivity contribution is 5.80. The third-order valence-electron chi connectivity index (χ3n) is 5.24. The fourth-order valence-corrected chi connectivity index (χ4v) is 3.76. The van der Waals surface area contributed by atoms with Gasteiger partial charge in [-0.3, -0.25) is 4.79 Å². The van der Waals surface area contributed by atoms with E-state index in [1.54, 1.807) is 4.90 Å². The second kappa shape index (κ2) is 7.97. The summed E-state index contributed by atoms with van der Waals surface area (Å²) in [6, 6.07) is 30.0. The smallest absolute Gasteiger partial charge is 0.251 e. The lowest BCUT2D eigenvalue weighted by Crippen LogP contribution is -2.28. The van der Waals surface area contributed by atoms with Crippen LogP contribution in [0.3, 0.4) is 0 Å². The third kappa shape index (κ3) is 3.51. The van der Waals surface area contributed by atoms with E-state index in [-0.39, 0.29) is 12.5 Å². The molecule has 0 bridgehead atoms. The molecule has 0 radical (unpaired) electrons. The second-order valence-electron chi connectivity index (χ2n) is 7.25. The molecule has 4 aromatic rings. The minimum Gasteiger partial charge on any atom is -0.344 e. The van der Waals surface area contributed by atoms with Gasteiger partial charge in [-0.05, 0) is 17.7 Å². The number of para-hydroxylation sites is 1. The molecule has 5 rings (SSSR count). The van der Waals surface area contributed by atoms with Gasteiger partial charge in [0.25, 0.3) is 5.91 Å². The van der Waals surface area contributed by atoms with Crippen LogP contribution in [0.1, 0.15) is 17.4 Å². The zero-order valence-electron chi connectivity index (χ0n) is 16.4. The van der Waals surface area contributed by atoms with Gasteiger partial charge >= 0.3 is 0 Å². The summed E-state index contributed by atoms with van der Waals surface area (Å²) >= 11 is 0. The molecule has 0 N–H and O–H groups in total. The van der Waals surface area contributed by atoms with Gasteiger partial charge in [-0.1, -0.05) is 78.9 Å². The first kappa shape index (κ1) is 18.3. The standard InChI is InChI=1S/C25H21N3O2/c29-23-18-30-25(27(23)16-19-10-4-1-5-11-19)22-17-28(21-14-8-3-9-15-21)26-24(22)20-12-6-2-7-13-20/h1-15,17,25H,16,18H2. The Labute approximate surface area is 175 Å². The minimum absolute atomic E-state index is 0.0182. The average molecular weight is 395 g/mol. The number of carbonyl (C=O) groups is 1. The van der Waals surface area contributed by atoms with Crippen molar-refractivity contribution in [2.45, 2.75) is 12.8 Å². The van der Waals surface area contributed by atoms with Gasteiger partial charge in [0.1, 0.15) is 12.3 Å². The van der Waals surface area contributed by atoms with Crippen LogP contribution in [-0.4, -0.2) is 27.2 Å². The van der Waals surface area contributed by atoms with Gasteiger partial charge in [-0.2, -0.15) is 5.10 Å². The van der Waals surface area contributed by atoms with Crippen molar-refractivity contribution in [3.8, 4) is 16.9 Å². The maximum Gasteiger partial charge on any atom is 0.251 e. The quantitative estimate of drug-likeness (QED) is 0.496. The molecule has 1 fully saturated rings. The maximum absolute atomic E-state index is 12.7. The van der Waals surface area contributed by atoms with Gasteiger partial charge in [-0.15, -0.1) is 0 Å². The Morgan fingerprint density at radius 3 is 2.20 bits per heavy atom. The first-order valence-corrected chi connectivity index (χ1v) is 9.95. The van der Waals surface area contributed by atoms with Crippen LogP contribution in [0, 0.1) is 0 Å². The highest BCUT2D eigenvalue weighted by Gasteiger charge is 2.36. The van der Waals surface area contributed by atoms with Crippen molar-refractivity contribution in [3.63, 3.8) is 0 Å². The molecule has 1 atom stereocenters. The molecule has 0 aliphatic carbocycles. The largest absolute Gasteiger partial charge is 0.344 e. The average Bonchev–Trinajstić information content (AvgIpc) is 3.40. The molecule has 3 aromatic carbocycles. The molecule has 1 aliphatic heterocycles. The van der Waals surface area contributed by atoms with Gasteiger partial charge in [0.2, 0.25) is 0 Å². The van der Waals surface area contributed by atoms with Crippen LogP contribution in [0.15, 0.2) is 97.2 Å². The van der Waals surface area contributed by atoms with Crippen molar-refractivity contribution in [2.24, 2.45) is 0 Å². The van der Waals surface area contributed by atoms with Gasteiger partial charge in [-0.25, -0.2) is 4.68 Å². The summed E-state index contributed by atoms with van der Waals surface area (Å²) in [6.07, 6.45) is 1.49. The molecule has 30 heavy (non-hydrogen) atoms. The van der Waals surface area contributed by atoms with Crippen LogP contribution in [0.2, 0.25) is 0 Å². The van der Waals surface area contributed by atoms with E-state index in [0.717, 1.165) is 28.1 Å².